The van der Waals surface area contributed by atoms with E-state index in [9.17, 15) is 4.79 Å². The summed E-state index contributed by atoms with van der Waals surface area (Å²) < 4.78 is 5.70. The van der Waals surface area contributed by atoms with Gasteiger partial charge in [0.05, 0.1) is 5.41 Å². The van der Waals surface area contributed by atoms with E-state index in [1.165, 1.54) is 0 Å². The Morgan fingerprint density at radius 3 is 2.95 bits per heavy atom. The first-order chi connectivity index (χ1) is 10.5. The van der Waals surface area contributed by atoms with Crippen molar-refractivity contribution in [1.29, 1.82) is 0 Å². The number of likely N-dealkylation sites (N-methyl/N-ethyl adjacent to an activating group) is 1. The Kier molecular flexibility index (Phi) is 5.80. The van der Waals surface area contributed by atoms with E-state index in [4.69, 9.17) is 4.74 Å². The predicted molar refractivity (Wildman–Crippen MR) is 89.3 cm³/mol. The molecule has 1 atom stereocenters. The molecule has 1 aromatic carbocycles. The van der Waals surface area contributed by atoms with Crippen LogP contribution in [0, 0.1) is 5.41 Å². The number of amides is 1. The van der Waals surface area contributed by atoms with Gasteiger partial charge in [-0.05, 0) is 52.5 Å². The number of piperidine rings is 1. The molecule has 122 valence electrons. The highest BCUT2D eigenvalue weighted by molar-refractivity contribution is 5.95. The number of ether oxygens (including phenoxy) is 1. The zero-order valence-corrected chi connectivity index (χ0v) is 13.8. The van der Waals surface area contributed by atoms with Crippen molar-refractivity contribution in [2.24, 2.45) is 5.41 Å². The van der Waals surface area contributed by atoms with Crippen molar-refractivity contribution in [3.63, 3.8) is 0 Å². The number of nitrogens with one attached hydrogen (secondary N) is 2. The quantitative estimate of drug-likeness (QED) is 0.843. The average Bonchev–Trinajstić information content (AvgIpc) is 2.48. The molecular formula is C17H27N3O2. The lowest BCUT2D eigenvalue weighted by molar-refractivity contribution is -0.125. The second kappa shape index (κ2) is 7.61. The monoisotopic (exact) mass is 305 g/mol. The predicted octanol–water partition coefficient (Wildman–Crippen LogP) is 1.96. The summed E-state index contributed by atoms with van der Waals surface area (Å²) in [5.74, 6) is 0.858. The molecule has 1 amide bonds. The Hall–Kier alpha value is -1.59. The minimum Gasteiger partial charge on any atom is -0.492 e. The van der Waals surface area contributed by atoms with Crippen LogP contribution in [0.4, 0.5) is 5.69 Å². The number of hydrogen-bond acceptors (Lipinski definition) is 4. The molecule has 22 heavy (non-hydrogen) atoms. The highest BCUT2D eigenvalue weighted by atomic mass is 16.5. The maximum absolute atomic E-state index is 12.5. The molecule has 1 saturated heterocycles. The van der Waals surface area contributed by atoms with Crippen molar-refractivity contribution in [3.8, 4) is 5.75 Å². The van der Waals surface area contributed by atoms with E-state index in [-0.39, 0.29) is 11.3 Å². The first kappa shape index (κ1) is 16.8. The zero-order chi connectivity index (χ0) is 16.0. The largest absolute Gasteiger partial charge is 0.492 e. The van der Waals surface area contributed by atoms with Crippen molar-refractivity contribution < 1.29 is 9.53 Å². The maximum Gasteiger partial charge on any atom is 0.231 e. The second-order valence-corrected chi connectivity index (χ2v) is 6.47. The van der Waals surface area contributed by atoms with E-state index in [0.29, 0.717) is 6.61 Å². The minimum atomic E-state index is -0.333. The third kappa shape index (κ3) is 4.71. The van der Waals surface area contributed by atoms with E-state index in [1.807, 2.05) is 45.3 Å². The first-order valence-electron chi connectivity index (χ1n) is 7.89. The van der Waals surface area contributed by atoms with E-state index in [1.54, 1.807) is 0 Å². The minimum absolute atomic E-state index is 0.0742. The fourth-order valence-corrected chi connectivity index (χ4v) is 2.54. The van der Waals surface area contributed by atoms with Crippen molar-refractivity contribution in [2.75, 3.05) is 45.7 Å². The van der Waals surface area contributed by atoms with Crippen molar-refractivity contribution in [3.05, 3.63) is 24.3 Å². The maximum atomic E-state index is 12.5. The lowest BCUT2D eigenvalue weighted by Gasteiger charge is -2.32. The molecule has 2 rings (SSSR count). The lowest BCUT2D eigenvalue weighted by Crippen LogP contribution is -2.46. The summed E-state index contributed by atoms with van der Waals surface area (Å²) in [4.78, 5) is 14.6. The highest BCUT2D eigenvalue weighted by Gasteiger charge is 2.34. The topological polar surface area (TPSA) is 53.6 Å². The lowest BCUT2D eigenvalue weighted by atomic mass is 9.82. The molecule has 1 aliphatic rings. The van der Waals surface area contributed by atoms with Crippen LogP contribution in [-0.2, 0) is 4.79 Å². The Morgan fingerprint density at radius 1 is 1.45 bits per heavy atom. The Labute approximate surface area is 133 Å². The number of carbonyl (C=O) groups is 1. The molecule has 2 N–H and O–H groups in total. The van der Waals surface area contributed by atoms with Crippen LogP contribution in [0.1, 0.15) is 19.8 Å². The molecule has 0 radical (unpaired) electrons. The molecule has 0 bridgehead atoms. The van der Waals surface area contributed by atoms with E-state index in [2.05, 4.69) is 15.5 Å². The third-order valence-electron chi connectivity index (χ3n) is 4.04. The number of hydrogen-bond donors (Lipinski definition) is 2. The summed E-state index contributed by atoms with van der Waals surface area (Å²) >= 11 is 0. The zero-order valence-electron chi connectivity index (χ0n) is 13.8. The average molecular weight is 305 g/mol. The number of nitrogens with zero attached hydrogens (tertiary/aromatic N) is 1. The van der Waals surface area contributed by atoms with Gasteiger partial charge in [-0.1, -0.05) is 6.07 Å². The van der Waals surface area contributed by atoms with Crippen LogP contribution in [0.3, 0.4) is 0 Å². The molecule has 5 heteroatoms. The molecule has 1 aromatic rings. The number of rotatable bonds is 6. The normalized spacial score (nSPS) is 21.6. The van der Waals surface area contributed by atoms with Gasteiger partial charge >= 0.3 is 0 Å². The van der Waals surface area contributed by atoms with Crippen LogP contribution in [0.2, 0.25) is 0 Å². The summed E-state index contributed by atoms with van der Waals surface area (Å²) in [6.07, 6.45) is 1.96. The molecule has 1 fully saturated rings. The van der Waals surface area contributed by atoms with Crippen molar-refractivity contribution in [1.82, 2.24) is 10.2 Å². The second-order valence-electron chi connectivity index (χ2n) is 6.47. The summed E-state index contributed by atoms with van der Waals surface area (Å²) in [5, 5.41) is 6.32. The summed E-state index contributed by atoms with van der Waals surface area (Å²) in [5.41, 5.74) is 0.458. The van der Waals surface area contributed by atoms with E-state index >= 15 is 0 Å². The van der Waals surface area contributed by atoms with Gasteiger partial charge in [-0.3, -0.25) is 4.79 Å². The Balaban J connectivity index is 1.93. The van der Waals surface area contributed by atoms with Crippen molar-refractivity contribution >= 4 is 11.6 Å². The van der Waals surface area contributed by atoms with Gasteiger partial charge in [0.1, 0.15) is 12.4 Å². The number of carbonyl (C=O) groups excluding carboxylic acids is 1. The third-order valence-corrected chi connectivity index (χ3v) is 4.04. The Morgan fingerprint density at radius 2 is 2.27 bits per heavy atom. The van der Waals surface area contributed by atoms with Gasteiger partial charge in [-0.15, -0.1) is 0 Å². The van der Waals surface area contributed by atoms with Crippen molar-refractivity contribution in [2.45, 2.75) is 19.8 Å². The molecule has 0 saturated carbocycles. The first-order valence-corrected chi connectivity index (χ1v) is 7.89. The van der Waals surface area contributed by atoms with Crippen LogP contribution in [0.25, 0.3) is 0 Å². The summed E-state index contributed by atoms with van der Waals surface area (Å²) in [7, 11) is 4.03. The van der Waals surface area contributed by atoms with Gasteiger partial charge in [-0.25, -0.2) is 0 Å². The van der Waals surface area contributed by atoms with Gasteiger partial charge in [0, 0.05) is 24.8 Å². The van der Waals surface area contributed by atoms with Gasteiger partial charge < -0.3 is 20.3 Å². The smallest absolute Gasteiger partial charge is 0.231 e. The molecule has 1 unspecified atom stereocenters. The van der Waals surface area contributed by atoms with Gasteiger partial charge in [-0.2, -0.15) is 0 Å². The molecule has 1 aliphatic heterocycles. The van der Waals surface area contributed by atoms with Gasteiger partial charge in [0.25, 0.3) is 0 Å². The molecule has 0 spiro atoms. The van der Waals surface area contributed by atoms with Crippen LogP contribution in [-0.4, -0.2) is 51.1 Å². The summed E-state index contributed by atoms with van der Waals surface area (Å²) in [6.45, 7) is 5.24. The number of benzene rings is 1. The van der Waals surface area contributed by atoms with Crippen LogP contribution >= 0.6 is 0 Å². The fraction of sp³-hybridized carbons (Fsp3) is 0.588. The molecule has 5 nitrogen and oxygen atoms in total. The Bertz CT molecular complexity index is 496. The highest BCUT2D eigenvalue weighted by Crippen LogP contribution is 2.28. The molecule has 0 aliphatic carbocycles. The molecule has 0 aromatic heterocycles. The fourth-order valence-electron chi connectivity index (χ4n) is 2.54. The van der Waals surface area contributed by atoms with E-state index in [0.717, 1.165) is 43.9 Å². The SMILES string of the molecule is CN(C)CCOc1cccc(NC(=O)C2(C)CCCNC2)c1. The molecule has 1 heterocycles. The van der Waals surface area contributed by atoms with Gasteiger partial charge in [0.2, 0.25) is 5.91 Å². The van der Waals surface area contributed by atoms with Gasteiger partial charge in [0.15, 0.2) is 0 Å². The van der Waals surface area contributed by atoms with E-state index < -0.39 is 0 Å². The van der Waals surface area contributed by atoms with Crippen LogP contribution in [0.5, 0.6) is 5.75 Å². The number of anilines is 1. The summed E-state index contributed by atoms with van der Waals surface area (Å²) in [6, 6.07) is 7.60. The van der Waals surface area contributed by atoms with Crippen LogP contribution in [0.15, 0.2) is 24.3 Å². The molecular weight excluding hydrogens is 278 g/mol. The standard InChI is InChI=1S/C17H27N3O2/c1-17(8-5-9-18-13-17)16(21)19-14-6-4-7-15(12-14)22-11-10-20(2)3/h4,6-7,12,18H,5,8-11,13H2,1-3H3,(H,19,21). The van der Waals surface area contributed by atoms with Crippen LogP contribution < -0.4 is 15.4 Å².